The lowest BCUT2D eigenvalue weighted by Gasteiger charge is -2.30. The first-order chi connectivity index (χ1) is 12.5. The number of carbonyl (C=O) groups is 1. The van der Waals surface area contributed by atoms with Crippen LogP contribution < -0.4 is 5.32 Å². The molecule has 1 aromatic carbocycles. The molecule has 0 bridgehead atoms. The van der Waals surface area contributed by atoms with Crippen molar-refractivity contribution >= 4 is 43.9 Å². The topological polar surface area (TPSA) is 95.2 Å². The van der Waals surface area contributed by atoms with E-state index < -0.39 is 10.0 Å². The summed E-state index contributed by atoms with van der Waals surface area (Å²) in [6, 6.07) is 8.91. The molecule has 0 radical (unpaired) electrons. The minimum absolute atomic E-state index is 0.0685. The van der Waals surface area contributed by atoms with Crippen molar-refractivity contribution in [3.8, 4) is 0 Å². The van der Waals surface area contributed by atoms with E-state index in [-0.39, 0.29) is 11.8 Å². The van der Waals surface area contributed by atoms with Crippen LogP contribution in [0.4, 0.5) is 5.69 Å². The Labute approximate surface area is 155 Å². The molecule has 1 saturated heterocycles. The number of sulfonamides is 1. The number of anilines is 1. The number of rotatable bonds is 4. The van der Waals surface area contributed by atoms with E-state index in [0.29, 0.717) is 30.1 Å². The van der Waals surface area contributed by atoms with Crippen LogP contribution in [0.1, 0.15) is 12.8 Å². The molecule has 0 saturated carbocycles. The smallest absolute Gasteiger partial charge is 0.252 e. The van der Waals surface area contributed by atoms with Gasteiger partial charge >= 0.3 is 0 Å². The lowest BCUT2D eigenvalue weighted by molar-refractivity contribution is -0.120. The Morgan fingerprint density at radius 3 is 2.81 bits per heavy atom. The van der Waals surface area contributed by atoms with Crippen LogP contribution in [0.15, 0.2) is 46.1 Å². The van der Waals surface area contributed by atoms with Crippen LogP contribution in [-0.4, -0.2) is 41.9 Å². The van der Waals surface area contributed by atoms with Crippen molar-refractivity contribution in [1.29, 1.82) is 0 Å². The molecule has 4 rings (SSSR count). The average molecular weight is 390 g/mol. The minimum Gasteiger partial charge on any atom is -0.326 e. The molecule has 3 heterocycles. The van der Waals surface area contributed by atoms with Gasteiger partial charge in [-0.3, -0.25) is 9.89 Å². The third kappa shape index (κ3) is 3.25. The number of hydrogen-bond donors (Lipinski definition) is 2. The second kappa shape index (κ2) is 6.82. The van der Waals surface area contributed by atoms with Crippen LogP contribution >= 0.6 is 11.3 Å². The first kappa shape index (κ1) is 17.2. The predicted octanol–water partition coefficient (Wildman–Crippen LogP) is 2.66. The number of piperidine rings is 1. The third-order valence-corrected chi connectivity index (χ3v) is 7.89. The van der Waals surface area contributed by atoms with Crippen LogP contribution in [0.2, 0.25) is 0 Å². The molecule has 0 unspecified atom stereocenters. The Morgan fingerprint density at radius 2 is 2.08 bits per heavy atom. The zero-order valence-electron chi connectivity index (χ0n) is 13.9. The van der Waals surface area contributed by atoms with Crippen molar-refractivity contribution in [2.24, 2.45) is 5.92 Å². The number of benzene rings is 1. The number of nitrogens with one attached hydrogen (secondary N) is 2. The van der Waals surface area contributed by atoms with E-state index in [9.17, 15) is 13.2 Å². The summed E-state index contributed by atoms with van der Waals surface area (Å²) in [7, 11) is -3.43. The van der Waals surface area contributed by atoms with Gasteiger partial charge in [-0.05, 0) is 42.5 Å². The number of aromatic nitrogens is 2. The van der Waals surface area contributed by atoms with Crippen molar-refractivity contribution < 1.29 is 13.2 Å². The molecule has 1 aliphatic heterocycles. The number of carbonyl (C=O) groups excluding carboxylic acids is 1. The van der Waals surface area contributed by atoms with Crippen LogP contribution in [-0.2, 0) is 14.8 Å². The molecule has 0 spiro atoms. The van der Waals surface area contributed by atoms with Gasteiger partial charge in [-0.15, -0.1) is 11.3 Å². The van der Waals surface area contributed by atoms with Crippen molar-refractivity contribution in [3.05, 3.63) is 41.9 Å². The van der Waals surface area contributed by atoms with Crippen LogP contribution in [0.5, 0.6) is 0 Å². The molecule has 9 heteroatoms. The molecule has 1 aliphatic rings. The fourth-order valence-electron chi connectivity index (χ4n) is 3.16. The van der Waals surface area contributed by atoms with Gasteiger partial charge in [0.15, 0.2) is 0 Å². The molecule has 0 aliphatic carbocycles. The van der Waals surface area contributed by atoms with Crippen molar-refractivity contribution in [2.45, 2.75) is 17.1 Å². The van der Waals surface area contributed by atoms with E-state index in [2.05, 4.69) is 15.5 Å². The second-order valence-corrected chi connectivity index (χ2v) is 9.38. The lowest BCUT2D eigenvalue weighted by atomic mass is 9.97. The lowest BCUT2D eigenvalue weighted by Crippen LogP contribution is -2.41. The molecule has 1 fully saturated rings. The highest BCUT2D eigenvalue weighted by Crippen LogP contribution is 2.27. The van der Waals surface area contributed by atoms with E-state index in [4.69, 9.17) is 0 Å². The zero-order chi connectivity index (χ0) is 18.1. The standard InChI is InChI=1S/C17H18N4O3S2/c22-17(19-14-3-4-15-13(10-14)11-18-20-15)12-5-7-21(8-6-12)26(23,24)16-2-1-9-25-16/h1-4,9-12H,5-8H2,(H,18,20)(H,19,22). The summed E-state index contributed by atoms with van der Waals surface area (Å²) in [5.74, 6) is -0.258. The van der Waals surface area contributed by atoms with Gasteiger partial charge in [0, 0.05) is 30.1 Å². The molecule has 0 atom stereocenters. The highest BCUT2D eigenvalue weighted by atomic mass is 32.2. The quantitative estimate of drug-likeness (QED) is 0.716. The summed E-state index contributed by atoms with van der Waals surface area (Å²) < 4.78 is 26.9. The Balaban J connectivity index is 1.39. The zero-order valence-corrected chi connectivity index (χ0v) is 15.5. The highest BCUT2D eigenvalue weighted by molar-refractivity contribution is 7.91. The largest absolute Gasteiger partial charge is 0.326 e. The first-order valence-corrected chi connectivity index (χ1v) is 10.6. The third-order valence-electron chi connectivity index (χ3n) is 4.62. The number of H-pyrrole nitrogens is 1. The van der Waals surface area contributed by atoms with E-state index >= 15 is 0 Å². The van der Waals surface area contributed by atoms with Crippen LogP contribution in [0, 0.1) is 5.92 Å². The van der Waals surface area contributed by atoms with E-state index in [1.165, 1.54) is 15.6 Å². The molecular weight excluding hydrogens is 372 g/mol. The summed E-state index contributed by atoms with van der Waals surface area (Å²) in [4.78, 5) is 12.5. The van der Waals surface area contributed by atoms with E-state index in [0.717, 1.165) is 16.6 Å². The maximum atomic E-state index is 12.5. The molecule has 3 aromatic rings. The van der Waals surface area contributed by atoms with E-state index in [1.807, 2.05) is 18.2 Å². The van der Waals surface area contributed by atoms with Gasteiger partial charge in [0.25, 0.3) is 10.0 Å². The molecule has 7 nitrogen and oxygen atoms in total. The van der Waals surface area contributed by atoms with Gasteiger partial charge in [0.2, 0.25) is 5.91 Å². The summed E-state index contributed by atoms with van der Waals surface area (Å²) in [5.41, 5.74) is 1.63. The maximum Gasteiger partial charge on any atom is 0.252 e. The number of hydrogen-bond acceptors (Lipinski definition) is 5. The molecule has 2 aromatic heterocycles. The van der Waals surface area contributed by atoms with Crippen LogP contribution in [0.3, 0.4) is 0 Å². The summed E-state index contributed by atoms with van der Waals surface area (Å²) in [6.07, 6.45) is 2.74. The summed E-state index contributed by atoms with van der Waals surface area (Å²) in [6.45, 7) is 0.720. The molecular formula is C17H18N4O3S2. The Hall–Kier alpha value is -2.23. The predicted molar refractivity (Wildman–Crippen MR) is 101 cm³/mol. The first-order valence-electron chi connectivity index (χ1n) is 8.32. The number of fused-ring (bicyclic) bond motifs is 1. The normalized spacial score (nSPS) is 16.8. The SMILES string of the molecule is O=C(Nc1ccc2[nH]ncc2c1)C1CCN(S(=O)(=O)c2cccs2)CC1. The Kier molecular flexibility index (Phi) is 4.51. The van der Waals surface area contributed by atoms with Gasteiger partial charge in [-0.25, -0.2) is 8.42 Å². The maximum absolute atomic E-state index is 12.5. The van der Waals surface area contributed by atoms with Crippen molar-refractivity contribution in [3.63, 3.8) is 0 Å². The van der Waals surface area contributed by atoms with Crippen LogP contribution in [0.25, 0.3) is 10.9 Å². The average Bonchev–Trinajstić information content (AvgIpc) is 3.33. The number of nitrogens with zero attached hydrogens (tertiary/aromatic N) is 2. The van der Waals surface area contributed by atoms with Crippen molar-refractivity contribution in [2.75, 3.05) is 18.4 Å². The molecule has 136 valence electrons. The van der Waals surface area contributed by atoms with Gasteiger partial charge in [-0.2, -0.15) is 9.40 Å². The van der Waals surface area contributed by atoms with E-state index in [1.54, 1.807) is 23.7 Å². The number of amides is 1. The van der Waals surface area contributed by atoms with Crippen molar-refractivity contribution in [1.82, 2.24) is 14.5 Å². The van der Waals surface area contributed by atoms with Gasteiger partial charge in [0.1, 0.15) is 4.21 Å². The molecule has 2 N–H and O–H groups in total. The Bertz CT molecular complexity index is 1020. The summed E-state index contributed by atoms with van der Waals surface area (Å²) >= 11 is 1.22. The highest BCUT2D eigenvalue weighted by Gasteiger charge is 2.32. The second-order valence-electron chi connectivity index (χ2n) is 6.27. The Morgan fingerprint density at radius 1 is 1.27 bits per heavy atom. The fourth-order valence-corrected chi connectivity index (χ4v) is 5.77. The van der Waals surface area contributed by atoms with Gasteiger partial charge in [-0.1, -0.05) is 6.07 Å². The molecule has 26 heavy (non-hydrogen) atoms. The number of aromatic amines is 1. The van der Waals surface area contributed by atoms with Gasteiger partial charge < -0.3 is 5.32 Å². The number of thiophene rings is 1. The molecule has 1 amide bonds. The summed E-state index contributed by atoms with van der Waals surface area (Å²) in [5, 5.41) is 12.4. The minimum atomic E-state index is -3.43. The monoisotopic (exact) mass is 390 g/mol. The fraction of sp³-hybridized carbons (Fsp3) is 0.294. The van der Waals surface area contributed by atoms with Gasteiger partial charge in [0.05, 0.1) is 11.7 Å².